The summed E-state index contributed by atoms with van der Waals surface area (Å²) in [5.41, 5.74) is 1.16. The molecule has 3 rings (SSSR count). The van der Waals surface area contributed by atoms with Crippen molar-refractivity contribution in [1.82, 2.24) is 14.8 Å². The van der Waals surface area contributed by atoms with Crippen molar-refractivity contribution in [3.05, 3.63) is 54.3 Å². The standard InChI is InChI=1S/C18H15F3N4O2S/c1-25-16(11-2-8-14(9-3-11)27-17(20)21)23-24-18(25)28-10-15(26)22-13-6-4-12(19)5-7-13/h2-9,17H,10H2,1H3,(H,22,26). The van der Waals surface area contributed by atoms with Gasteiger partial charge in [0.25, 0.3) is 0 Å². The number of rotatable bonds is 7. The number of amides is 1. The molecule has 0 aliphatic carbocycles. The van der Waals surface area contributed by atoms with E-state index in [-0.39, 0.29) is 23.2 Å². The number of nitrogens with zero attached hydrogens (tertiary/aromatic N) is 3. The van der Waals surface area contributed by atoms with Gasteiger partial charge < -0.3 is 14.6 Å². The van der Waals surface area contributed by atoms with Crippen molar-refractivity contribution in [2.45, 2.75) is 11.8 Å². The number of nitrogens with one attached hydrogen (secondary N) is 1. The van der Waals surface area contributed by atoms with Gasteiger partial charge in [0.15, 0.2) is 11.0 Å². The van der Waals surface area contributed by atoms with Crippen molar-refractivity contribution in [3.63, 3.8) is 0 Å². The van der Waals surface area contributed by atoms with Crippen molar-refractivity contribution in [2.75, 3.05) is 11.1 Å². The maximum Gasteiger partial charge on any atom is 0.387 e. The Labute approximate surface area is 162 Å². The van der Waals surface area contributed by atoms with Crippen LogP contribution in [0.5, 0.6) is 5.75 Å². The normalized spacial score (nSPS) is 10.9. The topological polar surface area (TPSA) is 69.0 Å². The molecule has 146 valence electrons. The summed E-state index contributed by atoms with van der Waals surface area (Å²) in [6.07, 6.45) is 0. The van der Waals surface area contributed by atoms with Crippen molar-refractivity contribution >= 4 is 23.4 Å². The van der Waals surface area contributed by atoms with Crippen LogP contribution in [0.1, 0.15) is 0 Å². The molecular weight excluding hydrogens is 393 g/mol. The smallest absolute Gasteiger partial charge is 0.387 e. The Hall–Kier alpha value is -3.01. The van der Waals surface area contributed by atoms with E-state index < -0.39 is 6.61 Å². The molecule has 0 saturated carbocycles. The zero-order valence-corrected chi connectivity index (χ0v) is 15.4. The molecule has 0 unspecified atom stereocenters. The Bertz CT molecular complexity index is 946. The maximum absolute atomic E-state index is 12.9. The molecule has 1 heterocycles. The second-order valence-electron chi connectivity index (χ2n) is 5.61. The minimum atomic E-state index is -2.88. The van der Waals surface area contributed by atoms with Gasteiger partial charge in [-0.2, -0.15) is 8.78 Å². The number of carbonyl (C=O) groups excluding carboxylic acids is 1. The second kappa shape index (κ2) is 8.79. The number of anilines is 1. The van der Waals surface area contributed by atoms with Crippen molar-refractivity contribution in [3.8, 4) is 17.1 Å². The average molecular weight is 408 g/mol. The molecule has 1 amide bonds. The first-order chi connectivity index (χ1) is 13.4. The Morgan fingerprint density at radius 2 is 1.82 bits per heavy atom. The van der Waals surface area contributed by atoms with Crippen molar-refractivity contribution < 1.29 is 22.7 Å². The molecule has 0 saturated heterocycles. The minimum Gasteiger partial charge on any atom is -0.435 e. The van der Waals surface area contributed by atoms with Crippen LogP contribution in [0.2, 0.25) is 0 Å². The number of hydrogen-bond acceptors (Lipinski definition) is 5. The van der Waals surface area contributed by atoms with E-state index in [1.54, 1.807) is 23.7 Å². The molecule has 1 aromatic heterocycles. The Balaban J connectivity index is 1.61. The Morgan fingerprint density at radius 3 is 2.46 bits per heavy atom. The first kappa shape index (κ1) is 19.7. The van der Waals surface area contributed by atoms with Gasteiger partial charge >= 0.3 is 6.61 Å². The van der Waals surface area contributed by atoms with E-state index in [1.807, 2.05) is 0 Å². The number of ether oxygens (including phenoxy) is 1. The molecule has 0 radical (unpaired) electrons. The van der Waals surface area contributed by atoms with Gasteiger partial charge in [0.1, 0.15) is 11.6 Å². The summed E-state index contributed by atoms with van der Waals surface area (Å²) in [7, 11) is 1.74. The van der Waals surface area contributed by atoms with Crippen LogP contribution in [0, 0.1) is 5.82 Å². The van der Waals surface area contributed by atoms with Crippen LogP contribution in [0.25, 0.3) is 11.4 Å². The van der Waals surface area contributed by atoms with Gasteiger partial charge in [-0.3, -0.25) is 4.79 Å². The molecule has 3 aromatic rings. The number of aromatic nitrogens is 3. The van der Waals surface area contributed by atoms with Gasteiger partial charge in [0, 0.05) is 18.3 Å². The molecular formula is C18H15F3N4O2S. The average Bonchev–Trinajstić information content (AvgIpc) is 3.03. The molecule has 2 aromatic carbocycles. The number of halogens is 3. The van der Waals surface area contributed by atoms with Gasteiger partial charge in [0.2, 0.25) is 5.91 Å². The molecule has 1 N–H and O–H groups in total. The SMILES string of the molecule is Cn1c(SCC(=O)Nc2ccc(F)cc2)nnc1-c1ccc(OC(F)F)cc1. The van der Waals surface area contributed by atoms with Crippen LogP contribution < -0.4 is 10.1 Å². The lowest BCUT2D eigenvalue weighted by Crippen LogP contribution is -2.14. The number of hydrogen-bond donors (Lipinski definition) is 1. The fourth-order valence-corrected chi connectivity index (χ4v) is 3.05. The highest BCUT2D eigenvalue weighted by molar-refractivity contribution is 7.99. The van der Waals surface area contributed by atoms with Crippen LogP contribution in [-0.4, -0.2) is 33.0 Å². The third-order valence-corrected chi connectivity index (χ3v) is 4.65. The van der Waals surface area contributed by atoms with Gasteiger partial charge in [-0.05, 0) is 48.5 Å². The summed E-state index contributed by atoms with van der Waals surface area (Å²) in [6, 6.07) is 11.5. The zero-order valence-electron chi connectivity index (χ0n) is 14.6. The molecule has 0 spiro atoms. The molecule has 0 bridgehead atoms. The van der Waals surface area contributed by atoms with Crippen molar-refractivity contribution in [1.29, 1.82) is 0 Å². The Kier molecular flexibility index (Phi) is 6.19. The highest BCUT2D eigenvalue weighted by Gasteiger charge is 2.14. The van der Waals surface area contributed by atoms with Gasteiger partial charge in [-0.25, -0.2) is 4.39 Å². The summed E-state index contributed by atoms with van der Waals surface area (Å²) in [6.45, 7) is -2.88. The molecule has 28 heavy (non-hydrogen) atoms. The minimum absolute atomic E-state index is 0.0491. The zero-order chi connectivity index (χ0) is 20.1. The lowest BCUT2D eigenvalue weighted by Gasteiger charge is -2.07. The summed E-state index contributed by atoms with van der Waals surface area (Å²) < 4.78 is 43.3. The number of benzene rings is 2. The predicted molar refractivity (Wildman–Crippen MR) is 98.8 cm³/mol. The van der Waals surface area contributed by atoms with E-state index in [1.165, 1.54) is 48.2 Å². The second-order valence-corrected chi connectivity index (χ2v) is 6.55. The third kappa shape index (κ3) is 5.03. The van der Waals surface area contributed by atoms with E-state index in [4.69, 9.17) is 0 Å². The molecule has 6 nitrogen and oxygen atoms in total. The molecule has 0 atom stereocenters. The van der Waals surface area contributed by atoms with Gasteiger partial charge in [0.05, 0.1) is 5.75 Å². The fourth-order valence-electron chi connectivity index (χ4n) is 2.34. The van der Waals surface area contributed by atoms with Gasteiger partial charge in [-0.15, -0.1) is 10.2 Å². The molecule has 0 aliphatic heterocycles. The van der Waals surface area contributed by atoms with E-state index in [9.17, 15) is 18.0 Å². The van der Waals surface area contributed by atoms with E-state index in [0.717, 1.165) is 0 Å². The van der Waals surface area contributed by atoms with E-state index in [2.05, 4.69) is 20.3 Å². The van der Waals surface area contributed by atoms with Gasteiger partial charge in [-0.1, -0.05) is 11.8 Å². The first-order valence-electron chi connectivity index (χ1n) is 8.05. The predicted octanol–water partition coefficient (Wildman–Crippen LogP) is 3.95. The summed E-state index contributed by atoms with van der Waals surface area (Å²) in [4.78, 5) is 12.0. The van der Waals surface area contributed by atoms with E-state index >= 15 is 0 Å². The molecule has 10 heteroatoms. The largest absolute Gasteiger partial charge is 0.435 e. The summed E-state index contributed by atoms with van der Waals surface area (Å²) >= 11 is 1.18. The molecule has 0 aliphatic rings. The third-order valence-electron chi connectivity index (χ3n) is 3.63. The number of thioether (sulfide) groups is 1. The van der Waals surface area contributed by atoms with Crippen LogP contribution in [0.4, 0.5) is 18.9 Å². The Morgan fingerprint density at radius 1 is 1.14 bits per heavy atom. The highest BCUT2D eigenvalue weighted by atomic mass is 32.2. The van der Waals surface area contributed by atoms with Crippen LogP contribution in [0.3, 0.4) is 0 Å². The summed E-state index contributed by atoms with van der Waals surface area (Å²) in [5.74, 6) is 0.00491. The molecule has 0 fully saturated rings. The lowest BCUT2D eigenvalue weighted by molar-refractivity contribution is -0.113. The maximum atomic E-state index is 12.9. The summed E-state index contributed by atoms with van der Waals surface area (Å²) in [5, 5.41) is 11.3. The number of carbonyl (C=O) groups is 1. The van der Waals surface area contributed by atoms with E-state index in [0.29, 0.717) is 22.2 Å². The van der Waals surface area contributed by atoms with Crippen LogP contribution in [0.15, 0.2) is 53.7 Å². The fraction of sp³-hybridized carbons (Fsp3) is 0.167. The van der Waals surface area contributed by atoms with Crippen LogP contribution >= 0.6 is 11.8 Å². The lowest BCUT2D eigenvalue weighted by atomic mass is 10.2. The van der Waals surface area contributed by atoms with Crippen LogP contribution in [-0.2, 0) is 11.8 Å². The highest BCUT2D eigenvalue weighted by Crippen LogP contribution is 2.25. The quantitative estimate of drug-likeness (QED) is 0.600. The monoisotopic (exact) mass is 408 g/mol. The first-order valence-corrected chi connectivity index (χ1v) is 9.04. The van der Waals surface area contributed by atoms with Crippen molar-refractivity contribution in [2.24, 2.45) is 7.05 Å². The number of alkyl halides is 2.